The summed E-state index contributed by atoms with van der Waals surface area (Å²) in [5, 5.41) is 0. The molecule has 2 heteroatoms. The maximum absolute atomic E-state index is 5.68. The minimum atomic E-state index is 0.0399. The highest BCUT2D eigenvalue weighted by molar-refractivity contribution is 4.78. The Morgan fingerprint density at radius 3 is 1.83 bits per heavy atom. The Kier molecular flexibility index (Phi) is 2.66. The molecular weight excluding hydrogens is 152 g/mol. The second kappa shape index (κ2) is 3.75. The third kappa shape index (κ3) is 1.80. The summed E-state index contributed by atoms with van der Waals surface area (Å²) < 4.78 is 11.4. The van der Waals surface area contributed by atoms with E-state index in [1.807, 2.05) is 6.92 Å². The van der Waals surface area contributed by atoms with E-state index in [0.717, 1.165) is 0 Å². The van der Waals surface area contributed by atoms with Crippen LogP contribution in [-0.4, -0.2) is 18.5 Å². The zero-order valence-electron chi connectivity index (χ0n) is 7.79. The predicted octanol–water partition coefficient (Wildman–Crippen LogP) is 2.47. The molecule has 0 radical (unpaired) electrons. The first-order valence-corrected chi connectivity index (χ1v) is 5.17. The van der Waals surface area contributed by atoms with E-state index in [0.29, 0.717) is 12.2 Å². The number of rotatable bonds is 0. The third-order valence-electron chi connectivity index (χ3n) is 2.87. The van der Waals surface area contributed by atoms with Crippen molar-refractivity contribution in [2.24, 2.45) is 0 Å². The lowest BCUT2D eigenvalue weighted by molar-refractivity contribution is -0.0518. The minimum absolute atomic E-state index is 0.0399. The van der Waals surface area contributed by atoms with Crippen LogP contribution in [-0.2, 0) is 9.47 Å². The SMILES string of the molecule is CC1O[C@H]2CCCCCC[C@@H]2O1. The normalized spacial score (nSPS) is 38.8. The molecule has 0 aromatic heterocycles. The van der Waals surface area contributed by atoms with Crippen LogP contribution in [0, 0.1) is 0 Å². The van der Waals surface area contributed by atoms with Crippen molar-refractivity contribution in [3.8, 4) is 0 Å². The monoisotopic (exact) mass is 170 g/mol. The Hall–Kier alpha value is -0.0800. The second-order valence-electron chi connectivity index (χ2n) is 3.91. The molecule has 0 aromatic rings. The summed E-state index contributed by atoms with van der Waals surface area (Å²) in [5.74, 6) is 0. The summed E-state index contributed by atoms with van der Waals surface area (Å²) in [4.78, 5) is 0. The van der Waals surface area contributed by atoms with Crippen molar-refractivity contribution in [1.82, 2.24) is 0 Å². The van der Waals surface area contributed by atoms with Gasteiger partial charge in [0.05, 0.1) is 12.2 Å². The smallest absolute Gasteiger partial charge is 0.155 e. The zero-order valence-corrected chi connectivity index (χ0v) is 7.79. The lowest BCUT2D eigenvalue weighted by Crippen LogP contribution is -2.23. The topological polar surface area (TPSA) is 18.5 Å². The number of ether oxygens (including phenoxy) is 2. The van der Waals surface area contributed by atoms with Crippen molar-refractivity contribution in [3.63, 3.8) is 0 Å². The van der Waals surface area contributed by atoms with Gasteiger partial charge in [-0.15, -0.1) is 0 Å². The van der Waals surface area contributed by atoms with Crippen LogP contribution in [0.2, 0.25) is 0 Å². The molecule has 0 N–H and O–H groups in total. The van der Waals surface area contributed by atoms with Gasteiger partial charge in [-0.25, -0.2) is 0 Å². The highest BCUT2D eigenvalue weighted by Crippen LogP contribution is 2.29. The van der Waals surface area contributed by atoms with E-state index in [4.69, 9.17) is 9.47 Å². The van der Waals surface area contributed by atoms with Crippen LogP contribution < -0.4 is 0 Å². The summed E-state index contributed by atoms with van der Waals surface area (Å²) in [6, 6.07) is 0. The largest absolute Gasteiger partial charge is 0.347 e. The standard InChI is InChI=1S/C10H18O2/c1-8-11-9-6-4-2-3-5-7-10(9)12-8/h8-10H,2-7H2,1H3/t9-,10-/m0/s1. The van der Waals surface area contributed by atoms with Crippen molar-refractivity contribution >= 4 is 0 Å². The highest BCUT2D eigenvalue weighted by Gasteiger charge is 2.33. The van der Waals surface area contributed by atoms with E-state index in [9.17, 15) is 0 Å². The molecule has 1 saturated heterocycles. The number of hydrogen-bond donors (Lipinski definition) is 0. The first kappa shape index (κ1) is 8.52. The maximum Gasteiger partial charge on any atom is 0.155 e. The van der Waals surface area contributed by atoms with E-state index in [1.54, 1.807) is 0 Å². The Labute approximate surface area is 74.2 Å². The molecule has 12 heavy (non-hydrogen) atoms. The van der Waals surface area contributed by atoms with Gasteiger partial charge >= 0.3 is 0 Å². The first-order valence-electron chi connectivity index (χ1n) is 5.17. The van der Waals surface area contributed by atoms with E-state index >= 15 is 0 Å². The molecular formula is C10H18O2. The molecule has 0 spiro atoms. The molecule has 70 valence electrons. The summed E-state index contributed by atoms with van der Waals surface area (Å²) in [5.41, 5.74) is 0. The number of fused-ring (bicyclic) bond motifs is 1. The van der Waals surface area contributed by atoms with Crippen molar-refractivity contribution in [2.75, 3.05) is 0 Å². The Morgan fingerprint density at radius 2 is 1.33 bits per heavy atom. The van der Waals surface area contributed by atoms with Gasteiger partial charge in [-0.2, -0.15) is 0 Å². The minimum Gasteiger partial charge on any atom is -0.347 e. The van der Waals surface area contributed by atoms with Crippen LogP contribution in [0.15, 0.2) is 0 Å². The van der Waals surface area contributed by atoms with E-state index in [1.165, 1.54) is 38.5 Å². The van der Waals surface area contributed by atoms with Gasteiger partial charge in [0, 0.05) is 0 Å². The van der Waals surface area contributed by atoms with Crippen LogP contribution in [0.5, 0.6) is 0 Å². The Balaban J connectivity index is 1.92. The van der Waals surface area contributed by atoms with Gasteiger partial charge in [-0.1, -0.05) is 25.7 Å². The average molecular weight is 170 g/mol. The number of hydrogen-bond acceptors (Lipinski definition) is 2. The fourth-order valence-corrected chi connectivity index (χ4v) is 2.25. The highest BCUT2D eigenvalue weighted by atomic mass is 16.7. The van der Waals surface area contributed by atoms with E-state index in [-0.39, 0.29) is 6.29 Å². The van der Waals surface area contributed by atoms with Crippen molar-refractivity contribution in [1.29, 1.82) is 0 Å². The van der Waals surface area contributed by atoms with Gasteiger partial charge in [-0.3, -0.25) is 0 Å². The van der Waals surface area contributed by atoms with Gasteiger partial charge in [0.1, 0.15) is 0 Å². The molecule has 0 amide bonds. The summed E-state index contributed by atoms with van der Waals surface area (Å²) >= 11 is 0. The second-order valence-corrected chi connectivity index (χ2v) is 3.91. The Morgan fingerprint density at radius 1 is 0.833 bits per heavy atom. The molecule has 1 aliphatic heterocycles. The van der Waals surface area contributed by atoms with Gasteiger partial charge in [0.2, 0.25) is 0 Å². The van der Waals surface area contributed by atoms with Crippen LogP contribution in [0.1, 0.15) is 45.4 Å². The molecule has 1 saturated carbocycles. The first-order chi connectivity index (χ1) is 5.86. The van der Waals surface area contributed by atoms with E-state index < -0.39 is 0 Å². The molecule has 2 fully saturated rings. The van der Waals surface area contributed by atoms with Crippen molar-refractivity contribution in [3.05, 3.63) is 0 Å². The fraction of sp³-hybridized carbons (Fsp3) is 1.00. The van der Waals surface area contributed by atoms with Crippen molar-refractivity contribution < 1.29 is 9.47 Å². The van der Waals surface area contributed by atoms with Crippen LogP contribution in [0.4, 0.5) is 0 Å². The molecule has 2 nitrogen and oxygen atoms in total. The predicted molar refractivity (Wildman–Crippen MR) is 46.9 cm³/mol. The maximum atomic E-state index is 5.68. The van der Waals surface area contributed by atoms with Gasteiger partial charge in [0.25, 0.3) is 0 Å². The van der Waals surface area contributed by atoms with Gasteiger partial charge in [-0.05, 0) is 19.8 Å². The lowest BCUT2D eigenvalue weighted by atomic mass is 9.96. The molecule has 0 aromatic carbocycles. The summed E-state index contributed by atoms with van der Waals surface area (Å²) in [6.45, 7) is 2.00. The summed E-state index contributed by atoms with van der Waals surface area (Å²) in [6.07, 6.45) is 8.64. The molecule has 2 aliphatic rings. The molecule has 1 aliphatic carbocycles. The fourth-order valence-electron chi connectivity index (χ4n) is 2.25. The zero-order chi connectivity index (χ0) is 8.39. The molecule has 1 heterocycles. The van der Waals surface area contributed by atoms with Crippen LogP contribution in [0.25, 0.3) is 0 Å². The lowest BCUT2D eigenvalue weighted by Gasteiger charge is -2.19. The Bertz CT molecular complexity index is 131. The third-order valence-corrected chi connectivity index (χ3v) is 2.87. The molecule has 2 rings (SSSR count). The molecule has 0 unspecified atom stereocenters. The summed E-state index contributed by atoms with van der Waals surface area (Å²) in [7, 11) is 0. The van der Waals surface area contributed by atoms with Gasteiger partial charge < -0.3 is 9.47 Å². The van der Waals surface area contributed by atoms with E-state index in [2.05, 4.69) is 0 Å². The van der Waals surface area contributed by atoms with Crippen LogP contribution in [0.3, 0.4) is 0 Å². The molecule has 2 atom stereocenters. The quantitative estimate of drug-likeness (QED) is 0.556. The van der Waals surface area contributed by atoms with Crippen molar-refractivity contribution in [2.45, 2.75) is 63.9 Å². The van der Waals surface area contributed by atoms with Gasteiger partial charge in [0.15, 0.2) is 6.29 Å². The average Bonchev–Trinajstić information content (AvgIpc) is 2.32. The van der Waals surface area contributed by atoms with Crippen LogP contribution >= 0.6 is 0 Å². The molecule has 0 bridgehead atoms.